The number of aromatic nitrogens is 2. The second-order valence-electron chi connectivity index (χ2n) is 8.29. The van der Waals surface area contributed by atoms with Gasteiger partial charge in [0.25, 0.3) is 5.56 Å². The first-order valence-corrected chi connectivity index (χ1v) is 13.3. The SMILES string of the molecule is CC[C@H](C)c1nc2ccc(Br)cc2c(=O)n1N=Cc1cc(Br)c(OCc2ccccc2Cl)c([N+](=O)[O-])c1. The molecule has 4 rings (SSSR count). The van der Waals surface area contributed by atoms with Crippen LogP contribution in [0.4, 0.5) is 5.69 Å². The predicted molar refractivity (Wildman–Crippen MR) is 152 cm³/mol. The zero-order valence-corrected chi connectivity index (χ0v) is 23.7. The lowest BCUT2D eigenvalue weighted by atomic mass is 10.1. The molecule has 1 heterocycles. The van der Waals surface area contributed by atoms with Crippen LogP contribution in [-0.4, -0.2) is 20.8 Å². The Morgan fingerprint density at radius 3 is 2.68 bits per heavy atom. The highest BCUT2D eigenvalue weighted by molar-refractivity contribution is 9.10. The van der Waals surface area contributed by atoms with Gasteiger partial charge < -0.3 is 4.74 Å². The highest BCUT2D eigenvalue weighted by atomic mass is 79.9. The van der Waals surface area contributed by atoms with Gasteiger partial charge in [0.15, 0.2) is 0 Å². The Morgan fingerprint density at radius 1 is 1.22 bits per heavy atom. The second kappa shape index (κ2) is 11.5. The quantitative estimate of drug-likeness (QED) is 0.112. The molecule has 0 aliphatic heterocycles. The molecule has 1 atom stereocenters. The van der Waals surface area contributed by atoms with Crippen LogP contribution in [0.15, 0.2) is 73.4 Å². The van der Waals surface area contributed by atoms with E-state index in [9.17, 15) is 14.9 Å². The van der Waals surface area contributed by atoms with Crippen LogP contribution >= 0.6 is 43.5 Å². The third-order valence-electron chi connectivity index (χ3n) is 5.78. The fourth-order valence-corrected chi connectivity index (χ4v) is 4.75. The highest BCUT2D eigenvalue weighted by Crippen LogP contribution is 2.37. The smallest absolute Gasteiger partial charge is 0.312 e. The number of ether oxygens (including phenoxy) is 1. The average Bonchev–Trinajstić information content (AvgIpc) is 2.87. The van der Waals surface area contributed by atoms with Gasteiger partial charge >= 0.3 is 5.69 Å². The Kier molecular flexibility index (Phi) is 8.41. The molecule has 190 valence electrons. The Labute approximate surface area is 234 Å². The van der Waals surface area contributed by atoms with Crippen LogP contribution in [0, 0.1) is 10.1 Å². The summed E-state index contributed by atoms with van der Waals surface area (Å²) in [5.41, 5.74) is 1.10. The van der Waals surface area contributed by atoms with Gasteiger partial charge in [-0.25, -0.2) is 4.98 Å². The lowest BCUT2D eigenvalue weighted by Gasteiger charge is -2.14. The van der Waals surface area contributed by atoms with Crippen molar-refractivity contribution in [3.05, 3.63) is 106 Å². The van der Waals surface area contributed by atoms with Crippen molar-refractivity contribution in [2.24, 2.45) is 5.10 Å². The third-order valence-corrected chi connectivity index (χ3v) is 7.23. The summed E-state index contributed by atoms with van der Waals surface area (Å²) in [5, 5.41) is 17.2. The summed E-state index contributed by atoms with van der Waals surface area (Å²) in [6, 6.07) is 15.4. The molecule has 0 saturated carbocycles. The molecule has 0 fully saturated rings. The largest absolute Gasteiger partial charge is 0.481 e. The van der Waals surface area contributed by atoms with Gasteiger partial charge in [-0.3, -0.25) is 14.9 Å². The normalized spacial score (nSPS) is 12.2. The van der Waals surface area contributed by atoms with Gasteiger partial charge in [-0.1, -0.05) is 59.6 Å². The molecule has 1 aromatic heterocycles. The van der Waals surface area contributed by atoms with E-state index in [1.165, 1.54) is 17.0 Å². The molecular formula is C26H21Br2ClN4O4. The summed E-state index contributed by atoms with van der Waals surface area (Å²) in [7, 11) is 0. The summed E-state index contributed by atoms with van der Waals surface area (Å²) in [6.07, 6.45) is 2.15. The predicted octanol–water partition coefficient (Wildman–Crippen LogP) is 7.46. The molecule has 0 unspecified atom stereocenters. The standard InChI is InChI=1S/C26H21Br2ClN4O4/c1-3-15(2)25-31-22-9-8-18(27)12-19(22)26(34)32(25)30-13-16-10-20(28)24(23(11-16)33(35)36)37-14-17-6-4-5-7-21(17)29/h4-13,15H,3,14H2,1-2H3/t15-/m0/s1. The molecule has 4 aromatic rings. The van der Waals surface area contributed by atoms with E-state index >= 15 is 0 Å². The van der Waals surface area contributed by atoms with Crippen molar-refractivity contribution in [3.8, 4) is 5.75 Å². The topological polar surface area (TPSA) is 99.6 Å². The summed E-state index contributed by atoms with van der Waals surface area (Å²) in [5.74, 6) is 0.531. The van der Waals surface area contributed by atoms with Gasteiger partial charge in [-0.05, 0) is 52.7 Å². The van der Waals surface area contributed by atoms with Crippen LogP contribution in [0.5, 0.6) is 5.75 Å². The van der Waals surface area contributed by atoms with Crippen LogP contribution in [-0.2, 0) is 6.61 Å². The molecule has 0 spiro atoms. The van der Waals surface area contributed by atoms with E-state index in [2.05, 4.69) is 41.9 Å². The van der Waals surface area contributed by atoms with E-state index in [0.717, 1.165) is 10.9 Å². The number of nitro benzene ring substituents is 1. The molecule has 3 aromatic carbocycles. The molecule has 0 saturated heterocycles. The van der Waals surface area contributed by atoms with Crippen molar-refractivity contribution in [1.82, 2.24) is 9.66 Å². The van der Waals surface area contributed by atoms with Crippen LogP contribution in [0.1, 0.15) is 43.1 Å². The fraction of sp³-hybridized carbons (Fsp3) is 0.192. The van der Waals surface area contributed by atoms with Crippen molar-refractivity contribution in [2.45, 2.75) is 32.8 Å². The Balaban J connectivity index is 1.74. The number of nitro groups is 1. The second-order valence-corrected chi connectivity index (χ2v) is 10.5. The number of rotatable bonds is 8. The van der Waals surface area contributed by atoms with E-state index in [1.54, 1.807) is 36.4 Å². The van der Waals surface area contributed by atoms with E-state index in [-0.39, 0.29) is 29.5 Å². The zero-order valence-electron chi connectivity index (χ0n) is 19.8. The summed E-state index contributed by atoms with van der Waals surface area (Å²) in [4.78, 5) is 29.3. The average molecular weight is 649 g/mol. The summed E-state index contributed by atoms with van der Waals surface area (Å²) < 4.78 is 8.14. The Morgan fingerprint density at radius 2 is 1.97 bits per heavy atom. The maximum atomic E-state index is 13.3. The van der Waals surface area contributed by atoms with E-state index in [1.807, 2.05) is 26.0 Å². The number of halogens is 3. The first kappa shape index (κ1) is 27.0. The van der Waals surface area contributed by atoms with Gasteiger partial charge in [0, 0.05) is 32.6 Å². The van der Waals surface area contributed by atoms with Crippen molar-refractivity contribution >= 4 is 66.3 Å². The zero-order chi connectivity index (χ0) is 26.7. The van der Waals surface area contributed by atoms with Crippen LogP contribution in [0.25, 0.3) is 10.9 Å². The van der Waals surface area contributed by atoms with Crippen molar-refractivity contribution in [2.75, 3.05) is 0 Å². The minimum Gasteiger partial charge on any atom is -0.481 e. The number of nitrogens with zero attached hydrogens (tertiary/aromatic N) is 4. The van der Waals surface area contributed by atoms with Crippen molar-refractivity contribution in [3.63, 3.8) is 0 Å². The van der Waals surface area contributed by atoms with Crippen LogP contribution in [0.3, 0.4) is 0 Å². The molecule has 0 aliphatic rings. The van der Waals surface area contributed by atoms with Crippen molar-refractivity contribution in [1.29, 1.82) is 0 Å². The van der Waals surface area contributed by atoms with E-state index in [0.29, 0.717) is 37.3 Å². The number of hydrogen-bond donors (Lipinski definition) is 0. The molecule has 0 bridgehead atoms. The monoisotopic (exact) mass is 646 g/mol. The highest BCUT2D eigenvalue weighted by Gasteiger charge is 2.21. The molecule has 0 radical (unpaired) electrons. The first-order chi connectivity index (χ1) is 17.7. The number of benzene rings is 3. The molecular weight excluding hydrogens is 628 g/mol. The first-order valence-electron chi connectivity index (χ1n) is 11.3. The van der Waals surface area contributed by atoms with Gasteiger partial charge in [0.2, 0.25) is 5.75 Å². The lowest BCUT2D eigenvalue weighted by Crippen LogP contribution is -2.23. The van der Waals surface area contributed by atoms with Gasteiger partial charge in [0.05, 0.1) is 26.5 Å². The fourth-order valence-electron chi connectivity index (χ4n) is 3.62. The Hall–Kier alpha value is -3.08. The molecule has 0 N–H and O–H groups in total. The third kappa shape index (κ3) is 5.92. The van der Waals surface area contributed by atoms with E-state index in [4.69, 9.17) is 16.3 Å². The summed E-state index contributed by atoms with van der Waals surface area (Å²) in [6.45, 7) is 4.02. The molecule has 0 amide bonds. The van der Waals surface area contributed by atoms with Crippen molar-refractivity contribution < 1.29 is 9.66 Å². The lowest BCUT2D eigenvalue weighted by molar-refractivity contribution is -0.386. The van der Waals surface area contributed by atoms with Crippen LogP contribution in [0.2, 0.25) is 5.02 Å². The van der Waals surface area contributed by atoms with E-state index < -0.39 is 4.92 Å². The number of hydrogen-bond acceptors (Lipinski definition) is 6. The molecule has 37 heavy (non-hydrogen) atoms. The molecule has 0 aliphatic carbocycles. The molecule has 11 heteroatoms. The maximum Gasteiger partial charge on any atom is 0.312 e. The Bertz CT molecular complexity index is 1590. The van der Waals surface area contributed by atoms with Gasteiger partial charge in [-0.15, -0.1) is 0 Å². The minimum absolute atomic E-state index is 0.0421. The summed E-state index contributed by atoms with van der Waals surface area (Å²) >= 11 is 13.0. The maximum absolute atomic E-state index is 13.3. The van der Waals surface area contributed by atoms with Gasteiger partial charge in [0.1, 0.15) is 12.4 Å². The molecule has 8 nitrogen and oxygen atoms in total. The number of fused-ring (bicyclic) bond motifs is 1. The minimum atomic E-state index is -0.532. The van der Waals surface area contributed by atoms with Crippen LogP contribution < -0.4 is 10.3 Å². The van der Waals surface area contributed by atoms with Gasteiger partial charge in [-0.2, -0.15) is 9.78 Å².